The molecule has 4 rings (SSSR count). The van der Waals surface area contributed by atoms with Gasteiger partial charge in [-0.1, -0.05) is 18.2 Å². The van der Waals surface area contributed by atoms with Crippen LogP contribution in [0.2, 0.25) is 0 Å². The number of aryl methyl sites for hydroxylation is 1. The van der Waals surface area contributed by atoms with Gasteiger partial charge in [0, 0.05) is 38.1 Å². The molecule has 1 aromatic heterocycles. The van der Waals surface area contributed by atoms with Gasteiger partial charge in [0.15, 0.2) is 0 Å². The topological polar surface area (TPSA) is 48.5 Å². The fourth-order valence-corrected chi connectivity index (χ4v) is 3.77. The average molecular weight is 336 g/mol. The van der Waals surface area contributed by atoms with Crippen molar-refractivity contribution < 1.29 is 4.79 Å². The number of hydrogen-bond donors (Lipinski definition) is 1. The smallest absolute Gasteiger partial charge is 0.321 e. The third kappa shape index (κ3) is 3.45. The Hall–Kier alpha value is -2.56. The Morgan fingerprint density at radius 2 is 1.80 bits per heavy atom. The number of anilines is 2. The number of nitrogens with one attached hydrogen (secondary N) is 1. The van der Waals surface area contributed by atoms with Gasteiger partial charge in [-0.3, -0.25) is 0 Å². The molecular formula is C20H24N4O. The third-order valence-electron chi connectivity index (χ3n) is 5.18. The van der Waals surface area contributed by atoms with Crippen LogP contribution in [0.15, 0.2) is 42.6 Å². The van der Waals surface area contributed by atoms with Crippen LogP contribution in [0.25, 0.3) is 0 Å². The van der Waals surface area contributed by atoms with E-state index in [9.17, 15) is 4.79 Å². The molecule has 1 aromatic carbocycles. The summed E-state index contributed by atoms with van der Waals surface area (Å²) in [7, 11) is 0. The van der Waals surface area contributed by atoms with Crippen LogP contribution in [0.5, 0.6) is 0 Å². The molecule has 1 N–H and O–H groups in total. The number of nitrogens with zero attached hydrogens (tertiary/aromatic N) is 3. The minimum atomic E-state index is 0.0136. The summed E-state index contributed by atoms with van der Waals surface area (Å²) in [5.41, 5.74) is 3.72. The summed E-state index contributed by atoms with van der Waals surface area (Å²) in [6.45, 7) is 3.07. The van der Waals surface area contributed by atoms with Crippen LogP contribution >= 0.6 is 0 Å². The lowest BCUT2D eigenvalue weighted by molar-refractivity contribution is 0.208. The van der Waals surface area contributed by atoms with Crippen molar-refractivity contribution >= 4 is 17.5 Å². The summed E-state index contributed by atoms with van der Waals surface area (Å²) < 4.78 is 0. The molecule has 2 amide bonds. The molecular weight excluding hydrogens is 312 g/mol. The zero-order valence-corrected chi connectivity index (χ0v) is 14.4. The molecule has 2 aliphatic rings. The van der Waals surface area contributed by atoms with E-state index in [1.807, 2.05) is 35.4 Å². The van der Waals surface area contributed by atoms with Crippen molar-refractivity contribution in [1.82, 2.24) is 9.88 Å². The fraction of sp³-hybridized carbons (Fsp3) is 0.400. The van der Waals surface area contributed by atoms with Crippen LogP contribution in [-0.4, -0.2) is 42.1 Å². The van der Waals surface area contributed by atoms with Crippen LogP contribution in [0.4, 0.5) is 16.3 Å². The van der Waals surface area contributed by atoms with Gasteiger partial charge in [-0.05, 0) is 55.0 Å². The third-order valence-corrected chi connectivity index (χ3v) is 5.18. The SMILES string of the molecule is O=C(Nc1cccc2c1CCCC2)N1CCN(c2ccccn2)CC1. The van der Waals surface area contributed by atoms with E-state index in [0.717, 1.165) is 50.5 Å². The Morgan fingerprint density at radius 1 is 0.960 bits per heavy atom. The molecule has 2 heterocycles. The lowest BCUT2D eigenvalue weighted by Crippen LogP contribution is -2.50. The molecule has 1 aliphatic heterocycles. The Balaban J connectivity index is 1.38. The molecule has 0 radical (unpaired) electrons. The van der Waals surface area contributed by atoms with Gasteiger partial charge in [-0.15, -0.1) is 0 Å². The molecule has 0 spiro atoms. The molecule has 0 unspecified atom stereocenters. The van der Waals surface area contributed by atoms with Crippen molar-refractivity contribution in [2.45, 2.75) is 25.7 Å². The number of benzene rings is 1. The van der Waals surface area contributed by atoms with E-state index in [-0.39, 0.29) is 6.03 Å². The van der Waals surface area contributed by atoms with Crippen molar-refractivity contribution in [3.63, 3.8) is 0 Å². The average Bonchev–Trinajstić information content (AvgIpc) is 2.69. The zero-order chi connectivity index (χ0) is 17.1. The van der Waals surface area contributed by atoms with E-state index in [0.29, 0.717) is 0 Å². The monoisotopic (exact) mass is 336 g/mol. The summed E-state index contributed by atoms with van der Waals surface area (Å²) >= 11 is 0. The second-order valence-electron chi connectivity index (χ2n) is 6.74. The Kier molecular flexibility index (Phi) is 4.55. The van der Waals surface area contributed by atoms with Gasteiger partial charge in [0.05, 0.1) is 0 Å². The first kappa shape index (κ1) is 15.9. The van der Waals surface area contributed by atoms with E-state index < -0.39 is 0 Å². The minimum absolute atomic E-state index is 0.0136. The van der Waals surface area contributed by atoms with Gasteiger partial charge >= 0.3 is 6.03 Å². The summed E-state index contributed by atoms with van der Waals surface area (Å²) in [6.07, 6.45) is 6.47. The van der Waals surface area contributed by atoms with E-state index in [4.69, 9.17) is 0 Å². The van der Waals surface area contributed by atoms with E-state index in [1.54, 1.807) is 0 Å². The van der Waals surface area contributed by atoms with Crippen LogP contribution in [0.1, 0.15) is 24.0 Å². The summed E-state index contributed by atoms with van der Waals surface area (Å²) in [5.74, 6) is 0.986. The van der Waals surface area contributed by atoms with Crippen molar-refractivity contribution in [3.8, 4) is 0 Å². The van der Waals surface area contributed by atoms with E-state index >= 15 is 0 Å². The molecule has 5 heteroatoms. The summed E-state index contributed by atoms with van der Waals surface area (Å²) in [4.78, 5) is 21.2. The highest BCUT2D eigenvalue weighted by Crippen LogP contribution is 2.28. The second kappa shape index (κ2) is 7.13. The Labute approximate surface area is 148 Å². The highest BCUT2D eigenvalue weighted by molar-refractivity contribution is 5.90. The summed E-state index contributed by atoms with van der Waals surface area (Å²) in [5, 5.41) is 3.15. The van der Waals surface area contributed by atoms with Gasteiger partial charge in [0.2, 0.25) is 0 Å². The van der Waals surface area contributed by atoms with Crippen LogP contribution in [0, 0.1) is 0 Å². The van der Waals surface area contributed by atoms with Crippen LogP contribution < -0.4 is 10.2 Å². The molecule has 25 heavy (non-hydrogen) atoms. The van der Waals surface area contributed by atoms with Crippen molar-refractivity contribution in [2.75, 3.05) is 36.4 Å². The molecule has 2 aromatic rings. The standard InChI is InChI=1S/C20H24N4O/c25-20(22-18-9-5-7-16-6-1-2-8-17(16)18)24-14-12-23(13-15-24)19-10-3-4-11-21-19/h3-5,7,9-11H,1-2,6,8,12-15H2,(H,22,25). The normalized spacial score (nSPS) is 17.1. The van der Waals surface area contributed by atoms with Crippen LogP contribution in [0.3, 0.4) is 0 Å². The first-order chi connectivity index (χ1) is 12.3. The van der Waals surface area contributed by atoms with E-state index in [2.05, 4.69) is 27.3 Å². The minimum Gasteiger partial charge on any atom is -0.353 e. The number of pyridine rings is 1. The van der Waals surface area contributed by atoms with Gasteiger partial charge in [-0.2, -0.15) is 0 Å². The molecule has 5 nitrogen and oxygen atoms in total. The molecule has 1 aliphatic carbocycles. The lowest BCUT2D eigenvalue weighted by atomic mass is 9.90. The van der Waals surface area contributed by atoms with Gasteiger partial charge in [0.1, 0.15) is 5.82 Å². The van der Waals surface area contributed by atoms with Crippen molar-refractivity contribution in [3.05, 3.63) is 53.7 Å². The quantitative estimate of drug-likeness (QED) is 0.915. The highest BCUT2D eigenvalue weighted by Gasteiger charge is 2.23. The van der Waals surface area contributed by atoms with Crippen molar-refractivity contribution in [2.24, 2.45) is 0 Å². The fourth-order valence-electron chi connectivity index (χ4n) is 3.77. The number of aromatic nitrogens is 1. The maximum Gasteiger partial charge on any atom is 0.321 e. The number of piperazine rings is 1. The number of fused-ring (bicyclic) bond motifs is 1. The molecule has 130 valence electrons. The largest absolute Gasteiger partial charge is 0.353 e. The van der Waals surface area contributed by atoms with E-state index in [1.165, 1.54) is 24.0 Å². The van der Waals surface area contributed by atoms with Crippen LogP contribution in [-0.2, 0) is 12.8 Å². The maximum atomic E-state index is 12.7. The number of amides is 2. The van der Waals surface area contributed by atoms with Gasteiger partial charge in [0.25, 0.3) is 0 Å². The molecule has 0 bridgehead atoms. The first-order valence-corrected chi connectivity index (χ1v) is 9.14. The lowest BCUT2D eigenvalue weighted by Gasteiger charge is -2.35. The Bertz CT molecular complexity index is 739. The van der Waals surface area contributed by atoms with Gasteiger partial charge in [-0.25, -0.2) is 9.78 Å². The number of carbonyl (C=O) groups excluding carboxylic acids is 1. The van der Waals surface area contributed by atoms with Crippen molar-refractivity contribution in [1.29, 1.82) is 0 Å². The number of carbonyl (C=O) groups is 1. The molecule has 1 fully saturated rings. The van der Waals surface area contributed by atoms with Gasteiger partial charge < -0.3 is 15.1 Å². The second-order valence-corrected chi connectivity index (χ2v) is 6.74. The number of urea groups is 1. The highest BCUT2D eigenvalue weighted by atomic mass is 16.2. The predicted molar refractivity (Wildman–Crippen MR) is 100 cm³/mol. The molecule has 0 atom stereocenters. The Morgan fingerprint density at radius 3 is 2.60 bits per heavy atom. The first-order valence-electron chi connectivity index (χ1n) is 9.14. The number of hydrogen-bond acceptors (Lipinski definition) is 3. The zero-order valence-electron chi connectivity index (χ0n) is 14.4. The number of rotatable bonds is 2. The maximum absolute atomic E-state index is 12.7. The molecule has 0 saturated carbocycles. The predicted octanol–water partition coefficient (Wildman–Crippen LogP) is 3.31. The molecule has 1 saturated heterocycles. The summed E-state index contributed by atoms with van der Waals surface area (Å²) in [6, 6.07) is 12.2.